The lowest BCUT2D eigenvalue weighted by Crippen LogP contribution is -2.32. The SMILES string of the molecule is COc1cccc(-c2ccc([C@@H](Oc3cc(-c4ccc(CC(N)C(=O)O)cc4)nc(N)n3)C(F)(F)F)cc2)c1.Cc1ccc(S(=O)(=O)O)cc1.O.O. The number of ether oxygens (including phenoxy) is 2. The van der Waals surface area contributed by atoms with Gasteiger partial charge in [-0.15, -0.1) is 0 Å². The number of aromatic nitrogens is 2. The number of halogens is 3. The molecule has 1 heterocycles. The Hall–Kier alpha value is -5.59. The second-order valence-electron chi connectivity index (χ2n) is 11.0. The second-order valence-corrected chi connectivity index (χ2v) is 12.4. The Labute approximate surface area is 297 Å². The molecule has 4 aromatic carbocycles. The first kappa shape index (κ1) is 42.6. The molecule has 0 aliphatic carbocycles. The van der Waals surface area contributed by atoms with E-state index in [0.29, 0.717) is 22.4 Å². The van der Waals surface area contributed by atoms with Crippen molar-refractivity contribution in [2.45, 2.75) is 36.6 Å². The Morgan fingerprint density at radius 2 is 1.46 bits per heavy atom. The highest BCUT2D eigenvalue weighted by atomic mass is 32.2. The number of anilines is 1. The predicted molar refractivity (Wildman–Crippen MR) is 187 cm³/mol. The van der Waals surface area contributed by atoms with Crippen molar-refractivity contribution in [3.05, 3.63) is 120 Å². The van der Waals surface area contributed by atoms with Crippen molar-refractivity contribution in [1.29, 1.82) is 0 Å². The van der Waals surface area contributed by atoms with E-state index in [1.54, 1.807) is 66.7 Å². The van der Waals surface area contributed by atoms with E-state index in [-0.39, 0.29) is 45.4 Å². The molecule has 0 fully saturated rings. The number of carboxylic acid groups (broad SMARTS) is 1. The van der Waals surface area contributed by atoms with Crippen molar-refractivity contribution in [3.8, 4) is 34.0 Å². The smallest absolute Gasteiger partial charge is 0.429 e. The molecule has 1 unspecified atom stereocenters. The van der Waals surface area contributed by atoms with E-state index < -0.39 is 34.4 Å². The van der Waals surface area contributed by atoms with Crippen LogP contribution in [0.5, 0.6) is 11.6 Å². The summed E-state index contributed by atoms with van der Waals surface area (Å²) < 4.78 is 82.3. The molecule has 0 radical (unpaired) electrons. The van der Waals surface area contributed by atoms with Crippen LogP contribution in [-0.4, -0.2) is 64.3 Å². The third kappa shape index (κ3) is 11.7. The summed E-state index contributed by atoms with van der Waals surface area (Å²) in [7, 11) is -2.49. The molecule has 0 amide bonds. The standard InChI is InChI=1S/C28H25F3N4O4.C7H8O3S.2H2O/c1-38-21-4-2-3-20(14-21)17-9-11-19(12-10-17)25(28(29,30)31)39-24-15-23(34-27(33)35-24)18-7-5-16(6-8-18)13-22(32)26(36)37;1-6-2-4-7(5-3-6)11(8,9)10;;/h2-12,14-15,22,25H,13,32H2,1H3,(H,36,37)(H2,33,34,35);2-5H,1H3,(H,8,9,10);2*1H2/t22?,25-;;;/m1.../s1. The Kier molecular flexibility index (Phi) is 14.8. The van der Waals surface area contributed by atoms with Gasteiger partial charge in [-0.25, -0.2) is 4.98 Å². The van der Waals surface area contributed by atoms with E-state index in [9.17, 15) is 26.4 Å². The number of hydrogen-bond acceptors (Lipinski definition) is 9. The molecule has 0 bridgehead atoms. The fourth-order valence-corrected chi connectivity index (χ4v) is 5.09. The number of benzene rings is 4. The number of carboxylic acids is 1. The highest BCUT2D eigenvalue weighted by Crippen LogP contribution is 2.38. The molecule has 1 aromatic heterocycles. The largest absolute Gasteiger partial charge is 0.497 e. The third-order valence-electron chi connectivity index (χ3n) is 7.21. The minimum Gasteiger partial charge on any atom is -0.497 e. The van der Waals surface area contributed by atoms with E-state index in [1.807, 2.05) is 13.0 Å². The van der Waals surface area contributed by atoms with Crippen LogP contribution in [0, 0.1) is 6.92 Å². The van der Waals surface area contributed by atoms with Crippen LogP contribution in [-0.2, 0) is 21.3 Å². The lowest BCUT2D eigenvalue weighted by atomic mass is 10.0. The number of nitrogens with two attached hydrogens (primary N) is 2. The number of nitrogen functional groups attached to an aromatic ring is 1. The maximum Gasteiger partial charge on any atom is 0.429 e. The van der Waals surface area contributed by atoms with Crippen molar-refractivity contribution in [2.24, 2.45) is 5.73 Å². The quantitative estimate of drug-likeness (QED) is 0.143. The summed E-state index contributed by atoms with van der Waals surface area (Å²) in [4.78, 5) is 18.9. The Morgan fingerprint density at radius 3 is 2.00 bits per heavy atom. The van der Waals surface area contributed by atoms with Crippen molar-refractivity contribution in [2.75, 3.05) is 12.8 Å². The molecule has 2 atom stereocenters. The summed E-state index contributed by atoms with van der Waals surface area (Å²) in [5.41, 5.74) is 15.1. The second kappa shape index (κ2) is 18.1. The summed E-state index contributed by atoms with van der Waals surface area (Å²) in [5, 5.41) is 8.98. The van der Waals surface area contributed by atoms with Gasteiger partial charge in [0, 0.05) is 17.2 Å². The van der Waals surface area contributed by atoms with Gasteiger partial charge in [-0.05, 0) is 54.3 Å². The van der Waals surface area contributed by atoms with Crippen molar-refractivity contribution >= 4 is 22.0 Å². The van der Waals surface area contributed by atoms with Crippen molar-refractivity contribution < 1.29 is 56.5 Å². The predicted octanol–water partition coefficient (Wildman–Crippen LogP) is 4.63. The average molecular weight is 747 g/mol. The lowest BCUT2D eigenvalue weighted by molar-refractivity contribution is -0.198. The van der Waals surface area contributed by atoms with E-state index >= 15 is 0 Å². The molecular formula is C35H37F3N4O9S. The minimum atomic E-state index is -4.75. The van der Waals surface area contributed by atoms with Crippen LogP contribution in [0.2, 0.25) is 0 Å². The van der Waals surface area contributed by atoms with Crippen molar-refractivity contribution in [3.63, 3.8) is 0 Å². The number of carbonyl (C=O) groups is 1. The van der Waals surface area contributed by atoms with Gasteiger partial charge in [0.2, 0.25) is 17.9 Å². The maximum absolute atomic E-state index is 14.1. The van der Waals surface area contributed by atoms with Gasteiger partial charge in [-0.3, -0.25) is 9.35 Å². The first-order valence-electron chi connectivity index (χ1n) is 14.8. The summed E-state index contributed by atoms with van der Waals surface area (Å²) >= 11 is 0. The highest BCUT2D eigenvalue weighted by molar-refractivity contribution is 7.85. The molecule has 52 heavy (non-hydrogen) atoms. The highest BCUT2D eigenvalue weighted by Gasteiger charge is 2.43. The monoisotopic (exact) mass is 746 g/mol. The molecule has 0 aliphatic heterocycles. The molecule has 5 rings (SSSR count). The van der Waals surface area contributed by atoms with E-state index in [2.05, 4.69) is 9.97 Å². The zero-order chi connectivity index (χ0) is 36.6. The van der Waals surface area contributed by atoms with Gasteiger partial charge >= 0.3 is 12.1 Å². The summed E-state index contributed by atoms with van der Waals surface area (Å²) in [5.74, 6) is -1.12. The number of nitrogens with zero attached hydrogens (tertiary/aromatic N) is 2. The molecule has 10 N–H and O–H groups in total. The number of hydrogen-bond donors (Lipinski definition) is 4. The van der Waals surface area contributed by atoms with Gasteiger partial charge in [0.15, 0.2) is 0 Å². The van der Waals surface area contributed by atoms with Crippen LogP contribution in [0.4, 0.5) is 19.1 Å². The van der Waals surface area contributed by atoms with Gasteiger partial charge < -0.3 is 37.0 Å². The molecule has 13 nitrogen and oxygen atoms in total. The van der Waals surface area contributed by atoms with E-state index in [0.717, 1.165) is 11.1 Å². The minimum absolute atomic E-state index is 0. The van der Waals surface area contributed by atoms with Gasteiger partial charge in [-0.1, -0.05) is 78.4 Å². The van der Waals surface area contributed by atoms with Crippen LogP contribution < -0.4 is 20.9 Å². The molecule has 0 spiro atoms. The van der Waals surface area contributed by atoms with Gasteiger partial charge in [-0.2, -0.15) is 26.6 Å². The normalized spacial score (nSPS) is 12.1. The van der Waals surface area contributed by atoms with E-state index in [1.165, 1.54) is 37.4 Å². The first-order valence-corrected chi connectivity index (χ1v) is 16.2. The fraction of sp³-hybridized carbons (Fsp3) is 0.171. The van der Waals surface area contributed by atoms with Crippen LogP contribution >= 0.6 is 0 Å². The number of methoxy groups -OCH3 is 1. The Balaban J connectivity index is 0.000000618. The number of rotatable bonds is 10. The molecule has 0 saturated carbocycles. The molecule has 0 aliphatic rings. The number of aryl methyl sites for hydroxylation is 1. The van der Waals surface area contributed by atoms with Crippen LogP contribution in [0.25, 0.3) is 22.4 Å². The Bertz CT molecular complexity index is 2030. The Morgan fingerprint density at radius 1 is 0.865 bits per heavy atom. The first-order chi connectivity index (χ1) is 23.5. The van der Waals surface area contributed by atoms with Gasteiger partial charge in [0.05, 0.1) is 17.7 Å². The topological polar surface area (TPSA) is 251 Å². The summed E-state index contributed by atoms with van der Waals surface area (Å²) in [6, 6.07) is 25.8. The number of alkyl halides is 3. The molecular weight excluding hydrogens is 709 g/mol. The lowest BCUT2D eigenvalue weighted by Gasteiger charge is -2.22. The van der Waals surface area contributed by atoms with Crippen LogP contribution in [0.15, 0.2) is 108 Å². The molecule has 0 saturated heterocycles. The third-order valence-corrected chi connectivity index (χ3v) is 8.08. The molecule has 5 aromatic rings. The molecule has 278 valence electrons. The number of aliphatic carboxylic acids is 1. The van der Waals surface area contributed by atoms with Crippen LogP contribution in [0.3, 0.4) is 0 Å². The summed E-state index contributed by atoms with van der Waals surface area (Å²) in [6.07, 6.45) is -6.94. The molecule has 17 heteroatoms. The van der Waals surface area contributed by atoms with Crippen LogP contribution in [0.1, 0.15) is 22.8 Å². The zero-order valence-corrected chi connectivity index (χ0v) is 28.5. The van der Waals surface area contributed by atoms with Crippen molar-refractivity contribution in [1.82, 2.24) is 9.97 Å². The zero-order valence-electron chi connectivity index (χ0n) is 27.7. The maximum atomic E-state index is 14.1. The van der Waals surface area contributed by atoms with Gasteiger partial charge in [0.25, 0.3) is 10.1 Å². The summed E-state index contributed by atoms with van der Waals surface area (Å²) in [6.45, 7) is 1.84. The van der Waals surface area contributed by atoms with Gasteiger partial charge in [0.1, 0.15) is 11.8 Å². The van der Waals surface area contributed by atoms with E-state index in [4.69, 9.17) is 30.6 Å². The average Bonchev–Trinajstić information content (AvgIpc) is 3.07. The fourth-order valence-electron chi connectivity index (χ4n) is 4.61.